The maximum Gasteiger partial charge on any atom is 0.128 e. The Morgan fingerprint density at radius 2 is 1.27 bits per heavy atom. The Balaban J connectivity index is 1.56. The minimum absolute atomic E-state index is 0.0445. The fourth-order valence-electron chi connectivity index (χ4n) is 6.80. The maximum atomic E-state index is 7.59. The second-order valence-electron chi connectivity index (χ2n) is 11.8. The smallest absolute Gasteiger partial charge is 0.128 e. The van der Waals surface area contributed by atoms with E-state index < -0.39 is 14.3 Å². The van der Waals surface area contributed by atoms with Gasteiger partial charge in [0.05, 0.1) is 13.3 Å². The van der Waals surface area contributed by atoms with E-state index in [1.807, 2.05) is 6.07 Å². The van der Waals surface area contributed by atoms with E-state index >= 15 is 0 Å². The lowest BCUT2D eigenvalue weighted by Crippen LogP contribution is -2.40. The minimum Gasteiger partial charge on any atom is -0.496 e. The first kappa shape index (κ1) is 30.9. The van der Waals surface area contributed by atoms with Crippen LogP contribution in [0, 0.1) is 0 Å². The van der Waals surface area contributed by atoms with Gasteiger partial charge in [-0.2, -0.15) is 0 Å². The molecule has 3 atom stereocenters. The van der Waals surface area contributed by atoms with Crippen LogP contribution in [0.15, 0.2) is 84.9 Å². The first-order valence-corrected chi connectivity index (χ1v) is 19.7. The lowest BCUT2D eigenvalue weighted by atomic mass is 10.00. The molecule has 6 heteroatoms. The molecular formula is C35H47NO2P2S. The Kier molecular flexibility index (Phi) is 11.1. The van der Waals surface area contributed by atoms with E-state index in [2.05, 4.69) is 97.5 Å². The summed E-state index contributed by atoms with van der Waals surface area (Å²) >= 11 is 6.83. The highest BCUT2D eigenvalue weighted by atomic mass is 32.4. The quantitative estimate of drug-likeness (QED) is 0.203. The summed E-state index contributed by atoms with van der Waals surface area (Å²) in [5.74, 6) is 0.863. The SMILES string of the molecule is COc1ccccc1[P@@](=S)(c1ccccc1)N(C)[C@H](C)[C@@H](OP(C1CCCCC1)C1CCCCC1)c1ccccc1. The van der Waals surface area contributed by atoms with Crippen LogP contribution in [0.3, 0.4) is 0 Å². The molecule has 220 valence electrons. The normalized spacial score (nSPS) is 20.0. The number of hydrogen-bond donors (Lipinski definition) is 0. The van der Waals surface area contributed by atoms with Crippen LogP contribution >= 0.6 is 14.3 Å². The molecule has 2 aliphatic carbocycles. The maximum absolute atomic E-state index is 7.59. The highest BCUT2D eigenvalue weighted by Gasteiger charge is 2.40. The summed E-state index contributed by atoms with van der Waals surface area (Å²) in [5, 5.41) is 2.29. The van der Waals surface area contributed by atoms with Crippen molar-refractivity contribution in [3.63, 3.8) is 0 Å². The number of hydrogen-bond acceptors (Lipinski definition) is 3. The van der Waals surface area contributed by atoms with Crippen LogP contribution in [-0.2, 0) is 16.3 Å². The summed E-state index contributed by atoms with van der Waals surface area (Å²) in [4.78, 5) is 0. The number of likely N-dealkylation sites (N-methyl/N-ethyl adjacent to an activating group) is 1. The second kappa shape index (κ2) is 14.8. The van der Waals surface area contributed by atoms with Crippen molar-refractivity contribution in [2.75, 3.05) is 14.2 Å². The van der Waals surface area contributed by atoms with Gasteiger partial charge in [0, 0.05) is 36.1 Å². The van der Waals surface area contributed by atoms with Gasteiger partial charge in [-0.1, -0.05) is 123 Å². The first-order chi connectivity index (χ1) is 20.0. The van der Waals surface area contributed by atoms with Crippen LogP contribution in [0.1, 0.15) is 82.8 Å². The molecule has 0 bridgehead atoms. The summed E-state index contributed by atoms with van der Waals surface area (Å²) in [6.07, 6.45) is 11.0. The van der Waals surface area contributed by atoms with Gasteiger partial charge in [0.15, 0.2) is 0 Å². The third-order valence-electron chi connectivity index (χ3n) is 9.22. The van der Waals surface area contributed by atoms with Crippen LogP contribution in [-0.4, -0.2) is 36.2 Å². The van der Waals surface area contributed by atoms with Crippen LogP contribution < -0.4 is 15.3 Å². The molecule has 2 saturated carbocycles. The van der Waals surface area contributed by atoms with Crippen molar-refractivity contribution >= 4 is 36.8 Å². The van der Waals surface area contributed by atoms with Crippen LogP contribution in [0.5, 0.6) is 5.75 Å². The molecule has 0 unspecified atom stereocenters. The molecule has 2 aliphatic rings. The number of nitrogens with zero attached hydrogens (tertiary/aromatic N) is 1. The molecule has 0 aliphatic heterocycles. The Morgan fingerprint density at radius 1 is 0.756 bits per heavy atom. The molecule has 5 rings (SSSR count). The molecule has 3 aromatic rings. The fourth-order valence-corrected chi connectivity index (χ4v) is 14.3. The second-order valence-corrected chi connectivity index (χ2v) is 18.5. The van der Waals surface area contributed by atoms with Crippen molar-refractivity contribution in [1.29, 1.82) is 0 Å². The van der Waals surface area contributed by atoms with Crippen molar-refractivity contribution in [2.24, 2.45) is 0 Å². The molecule has 2 fully saturated rings. The number of methoxy groups -OCH3 is 1. The van der Waals surface area contributed by atoms with Crippen LogP contribution in [0.2, 0.25) is 0 Å². The lowest BCUT2D eigenvalue weighted by Gasteiger charge is -2.44. The largest absolute Gasteiger partial charge is 0.496 e. The van der Waals surface area contributed by atoms with Gasteiger partial charge in [0.2, 0.25) is 0 Å². The Morgan fingerprint density at radius 3 is 1.83 bits per heavy atom. The average molecular weight is 608 g/mol. The summed E-state index contributed by atoms with van der Waals surface area (Å²) in [7, 11) is 3.44. The number of benzene rings is 3. The van der Waals surface area contributed by atoms with Crippen molar-refractivity contribution in [3.8, 4) is 5.75 Å². The predicted octanol–water partition coefficient (Wildman–Crippen LogP) is 9.18. The van der Waals surface area contributed by atoms with Crippen LogP contribution in [0.4, 0.5) is 0 Å². The number of rotatable bonds is 11. The van der Waals surface area contributed by atoms with E-state index in [0.29, 0.717) is 0 Å². The molecule has 41 heavy (non-hydrogen) atoms. The zero-order valence-corrected chi connectivity index (χ0v) is 27.6. The van der Waals surface area contributed by atoms with Crippen LogP contribution in [0.25, 0.3) is 0 Å². The summed E-state index contributed by atoms with van der Waals surface area (Å²) in [6.45, 7) is 2.34. The molecule has 0 radical (unpaired) electrons. The van der Waals surface area contributed by atoms with Gasteiger partial charge >= 0.3 is 0 Å². The Bertz CT molecular complexity index is 1240. The van der Waals surface area contributed by atoms with Crippen molar-refractivity contribution in [3.05, 3.63) is 90.5 Å². The van der Waals surface area contributed by atoms with Gasteiger partial charge in [-0.15, -0.1) is 0 Å². The Hall–Kier alpha value is -1.54. The van der Waals surface area contributed by atoms with E-state index in [4.69, 9.17) is 21.1 Å². The van der Waals surface area contributed by atoms with Gasteiger partial charge in [-0.3, -0.25) is 4.67 Å². The fraction of sp³-hybridized carbons (Fsp3) is 0.486. The Labute approximate surface area is 254 Å². The van der Waals surface area contributed by atoms with Gasteiger partial charge in [-0.05, 0) is 57.4 Å². The van der Waals surface area contributed by atoms with E-state index in [0.717, 1.165) is 22.4 Å². The standard InChI is InChI=1S/C35H47NO2P2S/c1-28(36(2)40(41,32-24-14-7-15-25-32)34-27-17-16-26-33(34)37-3)35(29-18-8-4-9-19-29)38-39(30-20-10-5-11-21-30)31-22-12-6-13-23-31/h4,7-9,14-19,24-28,30-31,35H,5-6,10-13,20-23H2,1-3H3/t28-,35-,40+/m1/s1. The average Bonchev–Trinajstić information content (AvgIpc) is 3.06. The monoisotopic (exact) mass is 607 g/mol. The molecule has 0 N–H and O–H groups in total. The van der Waals surface area contributed by atoms with Gasteiger partial charge in [0.25, 0.3) is 0 Å². The van der Waals surface area contributed by atoms with Crippen molar-refractivity contribution in [1.82, 2.24) is 4.67 Å². The molecule has 0 spiro atoms. The third kappa shape index (κ3) is 7.00. The summed E-state index contributed by atoms with van der Waals surface area (Å²) in [6, 6.07) is 30.1. The summed E-state index contributed by atoms with van der Waals surface area (Å²) < 4.78 is 16.0. The third-order valence-corrected chi connectivity index (χ3v) is 17.4. The number of ether oxygens (including phenoxy) is 1. The highest BCUT2D eigenvalue weighted by Crippen LogP contribution is 2.60. The van der Waals surface area contributed by atoms with Crippen molar-refractivity contribution in [2.45, 2.75) is 94.6 Å². The van der Waals surface area contributed by atoms with E-state index in [-0.39, 0.29) is 12.1 Å². The zero-order chi connectivity index (χ0) is 28.7. The zero-order valence-electron chi connectivity index (χ0n) is 25.0. The first-order valence-electron chi connectivity index (χ1n) is 15.6. The minimum atomic E-state index is -2.44. The molecular weight excluding hydrogens is 560 g/mol. The molecule has 0 heterocycles. The van der Waals surface area contributed by atoms with Gasteiger partial charge in [-0.25, -0.2) is 0 Å². The molecule has 0 saturated heterocycles. The lowest BCUT2D eigenvalue weighted by molar-refractivity contribution is 0.144. The van der Waals surface area contributed by atoms with Gasteiger partial charge in [0.1, 0.15) is 11.9 Å². The van der Waals surface area contributed by atoms with E-state index in [9.17, 15) is 0 Å². The molecule has 0 aromatic heterocycles. The number of para-hydroxylation sites is 1. The molecule has 3 nitrogen and oxygen atoms in total. The van der Waals surface area contributed by atoms with E-state index in [1.54, 1.807) is 7.11 Å². The highest BCUT2D eigenvalue weighted by molar-refractivity contribution is 8.20. The summed E-state index contributed by atoms with van der Waals surface area (Å²) in [5.41, 5.74) is 2.70. The topological polar surface area (TPSA) is 21.7 Å². The molecule has 3 aromatic carbocycles. The molecule has 0 amide bonds. The van der Waals surface area contributed by atoms with Gasteiger partial charge < -0.3 is 9.26 Å². The van der Waals surface area contributed by atoms with Crippen molar-refractivity contribution < 1.29 is 9.26 Å². The predicted molar refractivity (Wildman–Crippen MR) is 181 cm³/mol. The van der Waals surface area contributed by atoms with E-state index in [1.165, 1.54) is 75.1 Å².